The van der Waals surface area contributed by atoms with Crippen molar-refractivity contribution in [3.05, 3.63) is 71.6 Å². The molecule has 1 aliphatic carbocycles. The fraction of sp³-hybridized carbons (Fsp3) is 0.222. The molecule has 1 aromatic carbocycles. The zero-order valence-corrected chi connectivity index (χ0v) is 11.9. The van der Waals surface area contributed by atoms with Gasteiger partial charge in [0, 0.05) is 24.0 Å². The molecule has 3 atom stereocenters. The highest BCUT2D eigenvalue weighted by atomic mass is 16.4. The third-order valence-corrected chi connectivity index (χ3v) is 4.65. The summed E-state index contributed by atoms with van der Waals surface area (Å²) in [5.41, 5.74) is 3.62. The minimum Gasteiger partial charge on any atom is -0.478 e. The van der Waals surface area contributed by atoms with Crippen LogP contribution in [-0.2, 0) is 0 Å². The van der Waals surface area contributed by atoms with E-state index in [4.69, 9.17) is 0 Å². The number of hydrogen-bond donors (Lipinski definition) is 2. The summed E-state index contributed by atoms with van der Waals surface area (Å²) in [4.78, 5) is 15.4. The third kappa shape index (κ3) is 1.99. The molecule has 0 spiro atoms. The van der Waals surface area contributed by atoms with Crippen LogP contribution in [0.15, 0.2) is 54.9 Å². The minimum absolute atomic E-state index is 0.205. The molecule has 2 heterocycles. The van der Waals surface area contributed by atoms with Crippen LogP contribution in [0.5, 0.6) is 0 Å². The number of nitrogens with zero attached hydrogens (tertiary/aromatic N) is 1. The second-order valence-corrected chi connectivity index (χ2v) is 5.87. The molecule has 4 heteroatoms. The Labute approximate surface area is 128 Å². The second kappa shape index (κ2) is 4.98. The molecule has 2 aromatic rings. The second-order valence-electron chi connectivity index (χ2n) is 5.87. The molecule has 4 rings (SSSR count). The molecule has 2 aliphatic rings. The van der Waals surface area contributed by atoms with Crippen molar-refractivity contribution in [2.24, 2.45) is 5.92 Å². The molecule has 0 radical (unpaired) electrons. The van der Waals surface area contributed by atoms with Crippen LogP contribution >= 0.6 is 0 Å². The van der Waals surface area contributed by atoms with Crippen molar-refractivity contribution < 1.29 is 9.90 Å². The number of aromatic carboxylic acids is 1. The maximum atomic E-state index is 11.2. The van der Waals surface area contributed by atoms with Gasteiger partial charge >= 0.3 is 5.97 Å². The zero-order chi connectivity index (χ0) is 15.1. The average Bonchev–Trinajstić information content (AvgIpc) is 3.04. The molecule has 0 saturated carbocycles. The number of nitrogens with one attached hydrogen (secondary N) is 1. The van der Waals surface area contributed by atoms with Crippen LogP contribution in [0.25, 0.3) is 0 Å². The van der Waals surface area contributed by atoms with E-state index < -0.39 is 5.97 Å². The van der Waals surface area contributed by atoms with Gasteiger partial charge in [0.2, 0.25) is 0 Å². The molecule has 0 amide bonds. The van der Waals surface area contributed by atoms with Crippen LogP contribution < -0.4 is 5.32 Å². The standard InChI is InChI=1S/C18H16N2O2/c21-18(22)11-6-7-16-15(9-11)13-4-1-5-14(13)17(20-16)12-3-2-8-19-10-12/h1-4,6-10,13-14,17,20H,5H2,(H,21,22)/t13-,14+,17+/m1/s1. The lowest BCUT2D eigenvalue weighted by Gasteiger charge is -2.37. The normalized spacial score (nSPS) is 25.2. The average molecular weight is 292 g/mol. The van der Waals surface area contributed by atoms with E-state index in [-0.39, 0.29) is 12.0 Å². The summed E-state index contributed by atoms with van der Waals surface area (Å²) >= 11 is 0. The third-order valence-electron chi connectivity index (χ3n) is 4.65. The lowest BCUT2D eigenvalue weighted by Crippen LogP contribution is -2.29. The minimum atomic E-state index is -0.879. The molecule has 0 saturated heterocycles. The monoisotopic (exact) mass is 292 g/mol. The van der Waals surface area contributed by atoms with Crippen molar-refractivity contribution in [1.82, 2.24) is 4.98 Å². The molecule has 0 fully saturated rings. The summed E-state index contributed by atoms with van der Waals surface area (Å²) in [5, 5.41) is 12.8. The maximum Gasteiger partial charge on any atom is 0.335 e. The number of aromatic nitrogens is 1. The van der Waals surface area contributed by atoms with Crippen molar-refractivity contribution >= 4 is 11.7 Å². The first-order chi connectivity index (χ1) is 10.7. The van der Waals surface area contributed by atoms with E-state index in [2.05, 4.69) is 28.5 Å². The van der Waals surface area contributed by atoms with Crippen molar-refractivity contribution in [3.63, 3.8) is 0 Å². The number of benzene rings is 1. The van der Waals surface area contributed by atoms with E-state index in [0.717, 1.165) is 17.7 Å². The number of fused-ring (bicyclic) bond motifs is 3. The zero-order valence-electron chi connectivity index (χ0n) is 11.9. The molecular weight excluding hydrogens is 276 g/mol. The van der Waals surface area contributed by atoms with Crippen molar-refractivity contribution in [3.8, 4) is 0 Å². The maximum absolute atomic E-state index is 11.2. The first kappa shape index (κ1) is 13.1. The highest BCUT2D eigenvalue weighted by Gasteiger charge is 2.38. The van der Waals surface area contributed by atoms with Gasteiger partial charge < -0.3 is 10.4 Å². The summed E-state index contributed by atoms with van der Waals surface area (Å²) in [5.74, 6) is -0.211. The summed E-state index contributed by atoms with van der Waals surface area (Å²) in [6.07, 6.45) is 9.09. The summed E-state index contributed by atoms with van der Waals surface area (Å²) in [6, 6.07) is 9.60. The van der Waals surface area contributed by atoms with E-state index in [0.29, 0.717) is 11.5 Å². The first-order valence-corrected chi connectivity index (χ1v) is 7.44. The van der Waals surface area contributed by atoms with Crippen LogP contribution in [0, 0.1) is 5.92 Å². The van der Waals surface area contributed by atoms with Gasteiger partial charge in [0.15, 0.2) is 0 Å². The number of pyridine rings is 1. The van der Waals surface area contributed by atoms with E-state index in [1.165, 1.54) is 5.56 Å². The number of allylic oxidation sites excluding steroid dienone is 2. The number of hydrogen-bond acceptors (Lipinski definition) is 3. The largest absolute Gasteiger partial charge is 0.478 e. The van der Waals surface area contributed by atoms with Gasteiger partial charge in [0.05, 0.1) is 11.6 Å². The molecular formula is C18H16N2O2. The quantitative estimate of drug-likeness (QED) is 0.830. The van der Waals surface area contributed by atoms with Gasteiger partial charge in [-0.05, 0) is 47.7 Å². The van der Waals surface area contributed by atoms with E-state index in [9.17, 15) is 9.90 Å². The molecule has 0 bridgehead atoms. The van der Waals surface area contributed by atoms with Gasteiger partial charge in [-0.1, -0.05) is 18.2 Å². The predicted octanol–water partition coefficient (Wildman–Crippen LogP) is 3.61. The van der Waals surface area contributed by atoms with E-state index in [1.807, 2.05) is 18.3 Å². The smallest absolute Gasteiger partial charge is 0.335 e. The van der Waals surface area contributed by atoms with E-state index in [1.54, 1.807) is 18.3 Å². The number of rotatable bonds is 2. The summed E-state index contributed by atoms with van der Waals surface area (Å²) in [7, 11) is 0. The summed E-state index contributed by atoms with van der Waals surface area (Å²) < 4.78 is 0. The highest BCUT2D eigenvalue weighted by Crippen LogP contribution is 2.49. The van der Waals surface area contributed by atoms with Crippen LogP contribution in [0.3, 0.4) is 0 Å². The Morgan fingerprint density at radius 1 is 1.32 bits per heavy atom. The molecule has 22 heavy (non-hydrogen) atoms. The Balaban J connectivity index is 1.79. The Hall–Kier alpha value is -2.62. The highest BCUT2D eigenvalue weighted by molar-refractivity contribution is 5.89. The van der Waals surface area contributed by atoms with E-state index >= 15 is 0 Å². The van der Waals surface area contributed by atoms with Gasteiger partial charge in [-0.15, -0.1) is 0 Å². The predicted molar refractivity (Wildman–Crippen MR) is 84.0 cm³/mol. The fourth-order valence-corrected chi connectivity index (χ4v) is 3.62. The molecule has 110 valence electrons. The van der Waals surface area contributed by atoms with Gasteiger partial charge in [-0.25, -0.2) is 4.79 Å². The Kier molecular flexibility index (Phi) is 2.96. The van der Waals surface area contributed by atoms with Crippen molar-refractivity contribution in [2.75, 3.05) is 5.32 Å². The number of anilines is 1. The van der Waals surface area contributed by atoms with Crippen LogP contribution in [0.1, 0.15) is 39.9 Å². The lowest BCUT2D eigenvalue weighted by atomic mass is 9.77. The Morgan fingerprint density at radius 2 is 2.23 bits per heavy atom. The molecule has 1 aliphatic heterocycles. The van der Waals surface area contributed by atoms with Gasteiger partial charge in [0.1, 0.15) is 0 Å². The van der Waals surface area contributed by atoms with Crippen LogP contribution in [0.2, 0.25) is 0 Å². The number of carboxylic acid groups (broad SMARTS) is 1. The Morgan fingerprint density at radius 3 is 3.00 bits per heavy atom. The van der Waals surface area contributed by atoms with Crippen molar-refractivity contribution in [1.29, 1.82) is 0 Å². The lowest BCUT2D eigenvalue weighted by molar-refractivity contribution is 0.0696. The van der Waals surface area contributed by atoms with Gasteiger partial charge in [-0.2, -0.15) is 0 Å². The molecule has 0 unspecified atom stereocenters. The van der Waals surface area contributed by atoms with Crippen LogP contribution in [-0.4, -0.2) is 16.1 Å². The summed E-state index contributed by atoms with van der Waals surface area (Å²) in [6.45, 7) is 0. The number of carbonyl (C=O) groups is 1. The van der Waals surface area contributed by atoms with Crippen LogP contribution in [0.4, 0.5) is 5.69 Å². The SMILES string of the molecule is O=C(O)c1ccc2c(c1)[C@@H]1C=CC[C@@H]1[C@H](c1cccnc1)N2. The molecule has 4 nitrogen and oxygen atoms in total. The number of carboxylic acids is 1. The topological polar surface area (TPSA) is 62.2 Å². The van der Waals surface area contributed by atoms with Gasteiger partial charge in [0.25, 0.3) is 0 Å². The Bertz CT molecular complexity index is 755. The fourth-order valence-electron chi connectivity index (χ4n) is 3.62. The van der Waals surface area contributed by atoms with Gasteiger partial charge in [-0.3, -0.25) is 4.98 Å². The molecule has 1 aromatic heterocycles. The molecule has 2 N–H and O–H groups in total. The van der Waals surface area contributed by atoms with Crippen molar-refractivity contribution in [2.45, 2.75) is 18.4 Å². The first-order valence-electron chi connectivity index (χ1n) is 7.44.